The zero-order chi connectivity index (χ0) is 14.4. The van der Waals surface area contributed by atoms with Crippen LogP contribution in [0.25, 0.3) is 0 Å². The SMILES string of the molecule is COc1ccc(C(N)CCCC2CCCO2)cc1OC. The third-order valence-corrected chi connectivity index (χ3v) is 3.90. The molecule has 1 fully saturated rings. The highest BCUT2D eigenvalue weighted by molar-refractivity contribution is 5.43. The van der Waals surface area contributed by atoms with Crippen LogP contribution in [0.5, 0.6) is 11.5 Å². The number of hydrogen-bond donors (Lipinski definition) is 1. The Morgan fingerprint density at radius 3 is 2.75 bits per heavy atom. The highest BCUT2D eigenvalue weighted by Gasteiger charge is 2.16. The third-order valence-electron chi connectivity index (χ3n) is 3.90. The van der Waals surface area contributed by atoms with Gasteiger partial charge in [0.05, 0.1) is 20.3 Å². The molecule has 0 spiro atoms. The normalized spacial score (nSPS) is 19.9. The summed E-state index contributed by atoms with van der Waals surface area (Å²) in [5.41, 5.74) is 7.35. The molecule has 4 heteroatoms. The Bertz CT molecular complexity index is 416. The van der Waals surface area contributed by atoms with E-state index in [1.165, 1.54) is 12.8 Å². The molecule has 0 aliphatic carbocycles. The van der Waals surface area contributed by atoms with Crippen molar-refractivity contribution in [3.05, 3.63) is 23.8 Å². The van der Waals surface area contributed by atoms with E-state index in [0.29, 0.717) is 6.10 Å². The van der Waals surface area contributed by atoms with Gasteiger partial charge in [0.1, 0.15) is 0 Å². The van der Waals surface area contributed by atoms with Gasteiger partial charge in [-0.1, -0.05) is 6.07 Å². The van der Waals surface area contributed by atoms with E-state index in [9.17, 15) is 0 Å². The highest BCUT2D eigenvalue weighted by atomic mass is 16.5. The summed E-state index contributed by atoms with van der Waals surface area (Å²) in [6.07, 6.45) is 6.03. The first-order valence-corrected chi connectivity index (χ1v) is 7.33. The standard InChI is InChI=1S/C16H25NO3/c1-18-15-9-8-12(11-16(15)19-2)14(17)7-3-5-13-6-4-10-20-13/h8-9,11,13-14H,3-7,10,17H2,1-2H3. The Hall–Kier alpha value is -1.26. The zero-order valence-corrected chi connectivity index (χ0v) is 12.4. The summed E-state index contributed by atoms with van der Waals surface area (Å²) in [5.74, 6) is 1.47. The molecule has 0 saturated carbocycles. The largest absolute Gasteiger partial charge is 0.493 e. The van der Waals surface area contributed by atoms with Crippen LogP contribution in [0.15, 0.2) is 18.2 Å². The molecular weight excluding hydrogens is 254 g/mol. The molecule has 2 rings (SSSR count). The Kier molecular flexibility index (Phi) is 5.68. The van der Waals surface area contributed by atoms with E-state index in [1.807, 2.05) is 18.2 Å². The quantitative estimate of drug-likeness (QED) is 0.833. The number of rotatable bonds is 7. The van der Waals surface area contributed by atoms with Crippen LogP contribution in [0.1, 0.15) is 43.7 Å². The van der Waals surface area contributed by atoms with Gasteiger partial charge in [-0.25, -0.2) is 0 Å². The number of nitrogens with two attached hydrogens (primary N) is 1. The Balaban J connectivity index is 1.86. The Morgan fingerprint density at radius 2 is 2.10 bits per heavy atom. The van der Waals surface area contributed by atoms with Crippen molar-refractivity contribution >= 4 is 0 Å². The summed E-state index contributed by atoms with van der Waals surface area (Å²) >= 11 is 0. The molecule has 2 atom stereocenters. The molecule has 4 nitrogen and oxygen atoms in total. The van der Waals surface area contributed by atoms with E-state index < -0.39 is 0 Å². The minimum atomic E-state index is 0.0382. The van der Waals surface area contributed by atoms with Crippen molar-refractivity contribution in [2.45, 2.75) is 44.2 Å². The second kappa shape index (κ2) is 7.50. The number of methoxy groups -OCH3 is 2. The van der Waals surface area contributed by atoms with Gasteiger partial charge in [0.15, 0.2) is 11.5 Å². The number of benzene rings is 1. The van der Waals surface area contributed by atoms with Gasteiger partial charge < -0.3 is 19.9 Å². The maximum absolute atomic E-state index is 6.26. The summed E-state index contributed by atoms with van der Waals surface area (Å²) in [5, 5.41) is 0. The molecule has 2 N–H and O–H groups in total. The van der Waals surface area contributed by atoms with Gasteiger partial charge in [0.25, 0.3) is 0 Å². The number of hydrogen-bond acceptors (Lipinski definition) is 4. The van der Waals surface area contributed by atoms with Crippen molar-refractivity contribution in [1.29, 1.82) is 0 Å². The van der Waals surface area contributed by atoms with Crippen LogP contribution in [-0.4, -0.2) is 26.9 Å². The maximum atomic E-state index is 6.26. The lowest BCUT2D eigenvalue weighted by Crippen LogP contribution is -2.12. The average Bonchev–Trinajstić information content (AvgIpc) is 2.99. The van der Waals surface area contributed by atoms with E-state index in [-0.39, 0.29) is 6.04 Å². The molecule has 1 aromatic carbocycles. The van der Waals surface area contributed by atoms with Crippen molar-refractivity contribution in [3.63, 3.8) is 0 Å². The molecule has 0 amide bonds. The predicted octanol–water partition coefficient (Wildman–Crippen LogP) is 3.05. The molecule has 1 aromatic rings. The van der Waals surface area contributed by atoms with E-state index in [0.717, 1.165) is 42.9 Å². The van der Waals surface area contributed by atoms with Crippen LogP contribution < -0.4 is 15.2 Å². The fourth-order valence-electron chi connectivity index (χ4n) is 2.69. The molecule has 0 radical (unpaired) electrons. The Labute approximate surface area is 121 Å². The average molecular weight is 279 g/mol. The van der Waals surface area contributed by atoms with Gasteiger partial charge in [0.2, 0.25) is 0 Å². The van der Waals surface area contributed by atoms with Crippen molar-refractivity contribution in [1.82, 2.24) is 0 Å². The lowest BCUT2D eigenvalue weighted by atomic mass is 9.99. The third kappa shape index (κ3) is 3.87. The second-order valence-electron chi connectivity index (χ2n) is 5.29. The molecule has 1 heterocycles. The van der Waals surface area contributed by atoms with Gasteiger partial charge in [0, 0.05) is 12.6 Å². The van der Waals surface area contributed by atoms with Crippen LogP contribution >= 0.6 is 0 Å². The minimum Gasteiger partial charge on any atom is -0.493 e. The first kappa shape index (κ1) is 15.1. The first-order chi connectivity index (χ1) is 9.74. The van der Waals surface area contributed by atoms with Gasteiger partial charge in [-0.2, -0.15) is 0 Å². The molecule has 112 valence electrons. The molecule has 1 aliphatic rings. The summed E-state index contributed by atoms with van der Waals surface area (Å²) in [4.78, 5) is 0. The van der Waals surface area contributed by atoms with E-state index in [4.69, 9.17) is 19.9 Å². The topological polar surface area (TPSA) is 53.7 Å². The minimum absolute atomic E-state index is 0.0382. The van der Waals surface area contributed by atoms with Gasteiger partial charge in [-0.15, -0.1) is 0 Å². The van der Waals surface area contributed by atoms with E-state index in [2.05, 4.69) is 0 Å². The predicted molar refractivity (Wildman–Crippen MR) is 79.3 cm³/mol. The molecule has 0 bridgehead atoms. The van der Waals surface area contributed by atoms with Crippen molar-refractivity contribution < 1.29 is 14.2 Å². The molecule has 2 unspecified atom stereocenters. The van der Waals surface area contributed by atoms with Crippen molar-refractivity contribution in [3.8, 4) is 11.5 Å². The first-order valence-electron chi connectivity index (χ1n) is 7.33. The lowest BCUT2D eigenvalue weighted by Gasteiger charge is -2.16. The fourth-order valence-corrected chi connectivity index (χ4v) is 2.69. The molecule has 1 aliphatic heterocycles. The van der Waals surface area contributed by atoms with Crippen molar-refractivity contribution in [2.75, 3.05) is 20.8 Å². The van der Waals surface area contributed by atoms with E-state index >= 15 is 0 Å². The number of ether oxygens (including phenoxy) is 3. The fraction of sp³-hybridized carbons (Fsp3) is 0.625. The summed E-state index contributed by atoms with van der Waals surface area (Å²) in [6.45, 7) is 0.923. The summed E-state index contributed by atoms with van der Waals surface area (Å²) in [7, 11) is 3.28. The zero-order valence-electron chi connectivity index (χ0n) is 12.4. The summed E-state index contributed by atoms with van der Waals surface area (Å²) < 4.78 is 16.2. The second-order valence-corrected chi connectivity index (χ2v) is 5.29. The van der Waals surface area contributed by atoms with Gasteiger partial charge >= 0.3 is 0 Å². The van der Waals surface area contributed by atoms with Gasteiger partial charge in [-0.05, 0) is 49.8 Å². The molecular formula is C16H25NO3. The smallest absolute Gasteiger partial charge is 0.161 e. The van der Waals surface area contributed by atoms with Crippen LogP contribution in [-0.2, 0) is 4.74 Å². The molecule has 0 aromatic heterocycles. The monoisotopic (exact) mass is 279 g/mol. The van der Waals surface area contributed by atoms with Gasteiger partial charge in [-0.3, -0.25) is 0 Å². The highest BCUT2D eigenvalue weighted by Crippen LogP contribution is 2.31. The van der Waals surface area contributed by atoms with Crippen LogP contribution in [0.3, 0.4) is 0 Å². The lowest BCUT2D eigenvalue weighted by molar-refractivity contribution is 0.101. The van der Waals surface area contributed by atoms with Crippen LogP contribution in [0.4, 0.5) is 0 Å². The maximum Gasteiger partial charge on any atom is 0.161 e. The summed E-state index contributed by atoms with van der Waals surface area (Å²) in [6, 6.07) is 5.93. The van der Waals surface area contributed by atoms with E-state index in [1.54, 1.807) is 14.2 Å². The molecule has 1 saturated heterocycles. The Morgan fingerprint density at radius 1 is 1.30 bits per heavy atom. The van der Waals surface area contributed by atoms with Crippen molar-refractivity contribution in [2.24, 2.45) is 5.73 Å². The molecule has 20 heavy (non-hydrogen) atoms. The van der Waals surface area contributed by atoms with Crippen LogP contribution in [0, 0.1) is 0 Å². The van der Waals surface area contributed by atoms with Crippen LogP contribution in [0.2, 0.25) is 0 Å².